The Hall–Kier alpha value is -7.25. The second kappa shape index (κ2) is 26.1. The number of aromatic nitrogens is 5. The van der Waals surface area contributed by atoms with E-state index < -0.39 is 64.9 Å². The summed E-state index contributed by atoms with van der Waals surface area (Å²) >= 11 is 1.55. The van der Waals surface area contributed by atoms with Crippen LogP contribution in [-0.4, -0.2) is 135 Å². The van der Waals surface area contributed by atoms with E-state index in [1.54, 1.807) is 79.2 Å². The van der Waals surface area contributed by atoms with Crippen LogP contribution >= 0.6 is 11.3 Å². The number of imidazole rings is 1. The highest BCUT2D eigenvalue weighted by Crippen LogP contribution is 2.44. The fraction of sp³-hybridized carbons (Fsp3) is 0.456. The van der Waals surface area contributed by atoms with Gasteiger partial charge in [-0.2, -0.15) is 18.3 Å². The van der Waals surface area contributed by atoms with Crippen LogP contribution in [0.25, 0.3) is 21.6 Å². The maximum atomic E-state index is 15.0. The average Bonchev–Trinajstić information content (AvgIpc) is 4.36. The van der Waals surface area contributed by atoms with Gasteiger partial charge in [0.1, 0.15) is 31.0 Å². The second-order valence-corrected chi connectivity index (χ2v) is 21.9. The summed E-state index contributed by atoms with van der Waals surface area (Å²) in [5, 5.41) is 28.4. The van der Waals surface area contributed by atoms with Gasteiger partial charge in [-0.1, -0.05) is 51.1 Å². The van der Waals surface area contributed by atoms with Gasteiger partial charge in [0, 0.05) is 62.8 Å². The highest BCUT2D eigenvalue weighted by Gasteiger charge is 2.45. The standard InChI is InChI=1S/C57H67F4N9O10S/c1-7-69-30-43(51(66-69)57(59,60)61)41-23-37(28-68-15-14-67(6)55(68)62)24-42-48(73)39(31-80-49(41)42)22-36-10-13-44(58)46(25-36)79-21-20-77-17-16-76-18-19-78-32-47(72)65-52(56(3,4)5)54(75)70-29-40(71)26-45(70)53(74)63-27-35-8-11-38(12-9-35)50-34(2)64-33-81-50/h8-15,23-25,30,33,39-40,45,52,62,71H,7,16-22,26-29,31-32H2,1-6H3,(H,63,74)(H,65,72)/t39?,40-,45+,52-/m1/s1. The molecule has 0 saturated carbocycles. The lowest BCUT2D eigenvalue weighted by Crippen LogP contribution is -2.58. The Morgan fingerprint density at radius 3 is 2.27 bits per heavy atom. The zero-order valence-corrected chi connectivity index (χ0v) is 46.8. The Morgan fingerprint density at radius 2 is 1.62 bits per heavy atom. The molecule has 434 valence electrons. The summed E-state index contributed by atoms with van der Waals surface area (Å²) in [5.41, 5.74) is 3.83. The molecule has 3 aromatic heterocycles. The Kier molecular flexibility index (Phi) is 19.3. The molecule has 2 aliphatic heterocycles. The molecule has 2 aliphatic rings. The first-order valence-electron chi connectivity index (χ1n) is 26.5. The number of amides is 3. The van der Waals surface area contributed by atoms with E-state index in [1.807, 2.05) is 31.2 Å². The normalized spacial score (nSPS) is 16.8. The van der Waals surface area contributed by atoms with Gasteiger partial charge in [-0.15, -0.1) is 11.3 Å². The van der Waals surface area contributed by atoms with E-state index in [0.717, 1.165) is 21.7 Å². The summed E-state index contributed by atoms with van der Waals surface area (Å²) in [6.45, 7) is 9.44. The van der Waals surface area contributed by atoms with E-state index in [1.165, 1.54) is 40.0 Å². The molecule has 6 aromatic rings. The number of halogens is 4. The number of alkyl halides is 3. The first-order valence-corrected chi connectivity index (χ1v) is 27.4. The van der Waals surface area contributed by atoms with Crippen LogP contribution < -0.4 is 25.7 Å². The molecule has 1 saturated heterocycles. The number of hydrogen-bond donors (Lipinski definition) is 4. The van der Waals surface area contributed by atoms with Gasteiger partial charge in [0.05, 0.1) is 79.9 Å². The van der Waals surface area contributed by atoms with Crippen molar-refractivity contribution in [2.75, 3.05) is 59.4 Å². The number of Topliss-reactive ketones (excluding diaryl/α,β-unsaturated/α-hetero) is 1. The van der Waals surface area contributed by atoms with Crippen LogP contribution in [0, 0.1) is 29.5 Å². The lowest BCUT2D eigenvalue weighted by Gasteiger charge is -2.35. The van der Waals surface area contributed by atoms with Gasteiger partial charge < -0.3 is 53.5 Å². The minimum absolute atomic E-state index is 0.00546. The van der Waals surface area contributed by atoms with Crippen molar-refractivity contribution in [2.45, 2.75) is 91.5 Å². The summed E-state index contributed by atoms with van der Waals surface area (Å²) in [6.07, 6.45) is -0.933. The molecule has 0 radical (unpaired) electrons. The summed E-state index contributed by atoms with van der Waals surface area (Å²) in [5.74, 6) is -3.30. The number of benzene rings is 3. The first kappa shape index (κ1) is 59.9. The van der Waals surface area contributed by atoms with Crippen molar-refractivity contribution in [1.29, 1.82) is 5.41 Å². The summed E-state index contributed by atoms with van der Waals surface area (Å²) < 4.78 is 90.9. The molecule has 4 N–H and O–H groups in total. The van der Waals surface area contributed by atoms with Gasteiger partial charge in [-0.25, -0.2) is 9.37 Å². The average molecular weight is 1150 g/mol. The maximum absolute atomic E-state index is 15.0. The van der Waals surface area contributed by atoms with E-state index in [9.17, 15) is 41.8 Å². The molecule has 0 spiro atoms. The predicted molar refractivity (Wildman–Crippen MR) is 290 cm³/mol. The third kappa shape index (κ3) is 14.8. The van der Waals surface area contributed by atoms with E-state index in [4.69, 9.17) is 29.1 Å². The van der Waals surface area contributed by atoms with Gasteiger partial charge in [0.2, 0.25) is 23.3 Å². The van der Waals surface area contributed by atoms with Crippen LogP contribution in [-0.2, 0) is 67.9 Å². The van der Waals surface area contributed by atoms with Crippen molar-refractivity contribution in [1.82, 2.24) is 39.4 Å². The van der Waals surface area contributed by atoms with Crippen LogP contribution in [0.4, 0.5) is 17.6 Å². The number of fused-ring (bicyclic) bond motifs is 1. The van der Waals surface area contributed by atoms with Crippen molar-refractivity contribution >= 4 is 34.8 Å². The number of ether oxygens (including phenoxy) is 5. The molecule has 0 bridgehead atoms. The summed E-state index contributed by atoms with van der Waals surface area (Å²) in [7, 11) is 1.69. The number of aliphatic hydroxyl groups excluding tert-OH is 1. The molecule has 8 rings (SSSR count). The molecule has 3 amide bonds. The number of β-amino-alcohol motifs (C(OH)–C–C–N with tert-alkyl or cyclic N) is 1. The maximum Gasteiger partial charge on any atom is 0.435 e. The number of aryl methyl sites for hydroxylation is 3. The molecule has 4 atom stereocenters. The van der Waals surface area contributed by atoms with Crippen molar-refractivity contribution in [3.05, 3.63) is 124 Å². The third-order valence-electron chi connectivity index (χ3n) is 13.9. The van der Waals surface area contributed by atoms with E-state index in [0.29, 0.717) is 11.1 Å². The quantitative estimate of drug-likeness (QED) is 0.0377. The Bertz CT molecular complexity index is 3260. The van der Waals surface area contributed by atoms with Crippen LogP contribution in [0.2, 0.25) is 0 Å². The fourth-order valence-corrected chi connectivity index (χ4v) is 10.5. The molecule has 1 fully saturated rings. The molecule has 5 heterocycles. The Balaban J connectivity index is 0.755. The van der Waals surface area contributed by atoms with E-state index in [-0.39, 0.29) is 131 Å². The minimum atomic E-state index is -4.80. The molecular formula is C57H67F4N9O10S. The SMILES string of the molecule is CCn1cc(-c2cc(Cn3ccn(C)c3=N)cc3c2OCC(Cc2ccc(F)c(OCCOCCOCCOCC(=O)N[C@H](C(=O)N4C[C@H](O)C[C@H]4C(=O)NCc4ccc(-c5scnc5C)cc4)C(C)(C)C)c2)C3=O)c(C(F)(F)F)n1. The van der Waals surface area contributed by atoms with Crippen LogP contribution in [0.15, 0.2) is 78.7 Å². The molecule has 1 unspecified atom stereocenters. The third-order valence-corrected chi connectivity index (χ3v) is 14.9. The van der Waals surface area contributed by atoms with E-state index >= 15 is 0 Å². The summed E-state index contributed by atoms with van der Waals surface area (Å²) in [4.78, 5) is 61.5. The van der Waals surface area contributed by atoms with Crippen LogP contribution in [0.1, 0.15) is 72.6 Å². The number of ketones is 1. The van der Waals surface area contributed by atoms with Crippen LogP contribution in [0.5, 0.6) is 11.5 Å². The predicted octanol–water partition coefficient (Wildman–Crippen LogP) is 6.50. The van der Waals surface area contributed by atoms with Crippen molar-refractivity contribution in [3.63, 3.8) is 0 Å². The molecule has 19 nitrogen and oxygen atoms in total. The van der Waals surface area contributed by atoms with Gasteiger partial charge >= 0.3 is 6.18 Å². The van der Waals surface area contributed by atoms with Crippen LogP contribution in [0.3, 0.4) is 0 Å². The van der Waals surface area contributed by atoms with Gasteiger partial charge in [0.15, 0.2) is 23.0 Å². The van der Waals surface area contributed by atoms with E-state index in [2.05, 4.69) is 20.7 Å². The second-order valence-electron chi connectivity index (χ2n) is 21.0. The van der Waals surface area contributed by atoms with Crippen molar-refractivity contribution < 1.29 is 65.5 Å². The Morgan fingerprint density at radius 1 is 0.926 bits per heavy atom. The zero-order chi connectivity index (χ0) is 58.2. The molecular weight excluding hydrogens is 1080 g/mol. The smallest absolute Gasteiger partial charge is 0.435 e. The minimum Gasteiger partial charge on any atom is -0.491 e. The first-order chi connectivity index (χ1) is 38.6. The molecule has 0 aliphatic carbocycles. The Labute approximate surface area is 469 Å². The fourth-order valence-electron chi connectivity index (χ4n) is 9.66. The number of thiazole rings is 1. The topological polar surface area (TPSA) is 226 Å². The van der Waals surface area contributed by atoms with Gasteiger partial charge in [0.25, 0.3) is 0 Å². The van der Waals surface area contributed by atoms with Gasteiger partial charge in [-0.05, 0) is 72.2 Å². The van der Waals surface area contributed by atoms with Crippen molar-refractivity contribution in [3.8, 4) is 33.1 Å². The number of carbonyl (C=O) groups is 4. The molecule has 24 heteroatoms. The molecule has 81 heavy (non-hydrogen) atoms. The zero-order valence-electron chi connectivity index (χ0n) is 45.9. The largest absolute Gasteiger partial charge is 0.491 e. The number of likely N-dealkylation sites (tertiary alicyclic amines) is 1. The van der Waals surface area contributed by atoms with Crippen molar-refractivity contribution in [2.24, 2.45) is 18.4 Å². The number of aliphatic hydroxyl groups is 1. The highest BCUT2D eigenvalue weighted by molar-refractivity contribution is 7.13. The number of hydrogen-bond acceptors (Lipinski definition) is 14. The summed E-state index contributed by atoms with van der Waals surface area (Å²) in [6, 6.07) is 13.1. The van der Waals surface area contributed by atoms with Gasteiger partial charge in [-0.3, -0.25) is 29.3 Å². The number of nitrogens with one attached hydrogen (secondary N) is 3. The lowest BCUT2D eigenvalue weighted by molar-refractivity contribution is -0.144. The number of carbonyl (C=O) groups excluding carboxylic acids is 4. The lowest BCUT2D eigenvalue weighted by atomic mass is 9.85. The molecule has 3 aromatic carbocycles. The highest BCUT2D eigenvalue weighted by atomic mass is 32.1. The number of rotatable bonds is 24. The number of nitrogens with zero attached hydrogens (tertiary/aromatic N) is 6. The monoisotopic (exact) mass is 1150 g/mol.